The van der Waals surface area contributed by atoms with Gasteiger partial charge >= 0.3 is 0 Å². The molecule has 1 heterocycles. The van der Waals surface area contributed by atoms with Crippen molar-refractivity contribution < 1.29 is 0 Å². The van der Waals surface area contributed by atoms with Crippen LogP contribution in [0, 0.1) is 0 Å². The molecule has 0 spiro atoms. The van der Waals surface area contributed by atoms with Gasteiger partial charge in [0.25, 0.3) is 0 Å². The van der Waals surface area contributed by atoms with Gasteiger partial charge in [0.15, 0.2) is 0 Å². The largest absolute Gasteiger partial charge is 0.337 e. The Kier molecular flexibility index (Phi) is 4.31. The normalized spacial score (nSPS) is 17.3. The minimum Gasteiger partial charge on any atom is -0.337 e. The first-order valence-corrected chi connectivity index (χ1v) is 6.77. The molecule has 0 N–H and O–H groups in total. The predicted octanol–water partition coefficient (Wildman–Crippen LogP) is 5.04. The number of aliphatic imine (C=N–C) groups is 1. The molecular weight excluding hydrogens is 267 g/mol. The van der Waals surface area contributed by atoms with E-state index in [9.17, 15) is 0 Å². The molecule has 18 heavy (non-hydrogen) atoms. The Morgan fingerprint density at radius 1 is 1.33 bits per heavy atom. The van der Waals surface area contributed by atoms with Crippen LogP contribution in [0.2, 0.25) is 10.0 Å². The molecule has 1 fully saturated rings. The summed E-state index contributed by atoms with van der Waals surface area (Å²) in [6.45, 7) is 5.19. The minimum absolute atomic E-state index is 0.524. The van der Waals surface area contributed by atoms with Crippen LogP contribution in [-0.2, 0) is 0 Å². The average molecular weight is 283 g/mol. The summed E-state index contributed by atoms with van der Waals surface area (Å²) in [6.07, 6.45) is 4.23. The quantitative estimate of drug-likeness (QED) is 0.742. The molecule has 0 saturated carbocycles. The van der Waals surface area contributed by atoms with E-state index < -0.39 is 0 Å². The van der Waals surface area contributed by atoms with Gasteiger partial charge in [0.05, 0.1) is 15.7 Å². The molecule has 2 rings (SSSR count). The number of nitrogens with zero attached hydrogens (tertiary/aromatic N) is 2. The second-order valence-corrected chi connectivity index (χ2v) is 5.39. The third-order valence-electron chi connectivity index (χ3n) is 2.73. The second kappa shape index (κ2) is 5.77. The third kappa shape index (κ3) is 3.06. The van der Waals surface area contributed by atoms with E-state index in [-0.39, 0.29) is 0 Å². The van der Waals surface area contributed by atoms with Crippen LogP contribution in [0.25, 0.3) is 0 Å². The summed E-state index contributed by atoms with van der Waals surface area (Å²) in [5, 5.41) is 1.07. The zero-order valence-electron chi connectivity index (χ0n) is 10.6. The molecule has 1 aliphatic rings. The first kappa shape index (κ1) is 13.4. The number of hydrogen-bond donors (Lipinski definition) is 0. The fourth-order valence-electron chi connectivity index (χ4n) is 1.97. The fourth-order valence-corrected chi connectivity index (χ4v) is 2.31. The van der Waals surface area contributed by atoms with Crippen molar-refractivity contribution in [1.82, 2.24) is 4.90 Å². The van der Waals surface area contributed by atoms with E-state index in [2.05, 4.69) is 29.9 Å². The SMILES string of the molecule is CC(C)=CN1CCCC1=Nc1cccc(Cl)c1Cl. The van der Waals surface area contributed by atoms with Crippen molar-refractivity contribution in [3.05, 3.63) is 40.0 Å². The van der Waals surface area contributed by atoms with Crippen LogP contribution in [0.3, 0.4) is 0 Å². The van der Waals surface area contributed by atoms with E-state index in [1.54, 1.807) is 6.07 Å². The maximum atomic E-state index is 6.15. The van der Waals surface area contributed by atoms with E-state index in [4.69, 9.17) is 23.2 Å². The van der Waals surface area contributed by atoms with Crippen molar-refractivity contribution in [3.63, 3.8) is 0 Å². The van der Waals surface area contributed by atoms with Crippen LogP contribution in [0.4, 0.5) is 5.69 Å². The second-order valence-electron chi connectivity index (χ2n) is 4.60. The van der Waals surface area contributed by atoms with E-state index in [1.165, 1.54) is 5.57 Å². The van der Waals surface area contributed by atoms with Gasteiger partial charge in [-0.1, -0.05) is 34.8 Å². The smallest absolute Gasteiger partial charge is 0.109 e. The van der Waals surface area contributed by atoms with Crippen LogP contribution >= 0.6 is 23.2 Å². The molecular formula is C14H16Cl2N2. The minimum atomic E-state index is 0.524. The molecule has 1 aliphatic heterocycles. The van der Waals surface area contributed by atoms with Crippen molar-refractivity contribution in [2.45, 2.75) is 26.7 Å². The average Bonchev–Trinajstić information content (AvgIpc) is 2.72. The molecule has 1 aromatic carbocycles. The van der Waals surface area contributed by atoms with E-state index in [1.807, 2.05) is 12.1 Å². The summed E-state index contributed by atoms with van der Waals surface area (Å²) < 4.78 is 0. The molecule has 2 nitrogen and oxygen atoms in total. The molecule has 1 saturated heterocycles. The summed E-state index contributed by atoms with van der Waals surface area (Å²) in [7, 11) is 0. The van der Waals surface area contributed by atoms with Gasteiger partial charge in [-0.15, -0.1) is 0 Å². The van der Waals surface area contributed by atoms with Crippen molar-refractivity contribution in [3.8, 4) is 0 Å². The van der Waals surface area contributed by atoms with E-state index >= 15 is 0 Å². The van der Waals surface area contributed by atoms with Gasteiger partial charge in [-0.2, -0.15) is 0 Å². The fraction of sp³-hybridized carbons (Fsp3) is 0.357. The Bertz CT molecular complexity index is 503. The number of hydrogen-bond acceptors (Lipinski definition) is 1. The molecule has 96 valence electrons. The van der Waals surface area contributed by atoms with E-state index in [0.29, 0.717) is 10.0 Å². The zero-order chi connectivity index (χ0) is 13.1. The van der Waals surface area contributed by atoms with Gasteiger partial charge < -0.3 is 4.90 Å². The highest BCUT2D eigenvalue weighted by Crippen LogP contribution is 2.32. The van der Waals surface area contributed by atoms with Gasteiger partial charge in [0, 0.05) is 19.2 Å². The number of amidine groups is 1. The number of allylic oxidation sites excluding steroid dienone is 1. The molecule has 1 aromatic rings. The van der Waals surface area contributed by atoms with Crippen LogP contribution < -0.4 is 0 Å². The summed E-state index contributed by atoms with van der Waals surface area (Å²) in [6, 6.07) is 5.53. The van der Waals surface area contributed by atoms with Gasteiger partial charge in [-0.05, 0) is 32.4 Å². The highest BCUT2D eigenvalue weighted by molar-refractivity contribution is 6.43. The predicted molar refractivity (Wildman–Crippen MR) is 78.9 cm³/mol. The lowest BCUT2D eigenvalue weighted by molar-refractivity contribution is 0.598. The van der Waals surface area contributed by atoms with Gasteiger partial charge in [-0.3, -0.25) is 0 Å². The van der Waals surface area contributed by atoms with Gasteiger partial charge in [0.2, 0.25) is 0 Å². The lowest BCUT2D eigenvalue weighted by atomic mass is 10.3. The van der Waals surface area contributed by atoms with Crippen molar-refractivity contribution in [2.24, 2.45) is 4.99 Å². The zero-order valence-corrected chi connectivity index (χ0v) is 12.1. The summed E-state index contributed by atoms with van der Waals surface area (Å²) in [5.74, 6) is 1.06. The first-order valence-electron chi connectivity index (χ1n) is 6.01. The maximum absolute atomic E-state index is 6.15. The van der Waals surface area contributed by atoms with Crippen LogP contribution in [0.1, 0.15) is 26.7 Å². The van der Waals surface area contributed by atoms with Gasteiger partial charge in [-0.25, -0.2) is 4.99 Å². The maximum Gasteiger partial charge on any atom is 0.109 e. The standard InChI is InChI=1S/C14H16Cl2N2/c1-10(2)9-18-8-4-7-13(18)17-12-6-3-5-11(15)14(12)16/h3,5-6,9H,4,7-8H2,1-2H3. The topological polar surface area (TPSA) is 15.6 Å². The first-order chi connectivity index (χ1) is 8.58. The summed E-state index contributed by atoms with van der Waals surface area (Å²) in [5.41, 5.74) is 2.01. The number of likely N-dealkylation sites (tertiary alicyclic amines) is 1. The Morgan fingerprint density at radius 3 is 2.83 bits per heavy atom. The third-order valence-corrected chi connectivity index (χ3v) is 3.53. The Balaban J connectivity index is 2.32. The van der Waals surface area contributed by atoms with Crippen molar-refractivity contribution in [2.75, 3.05) is 6.54 Å². The molecule has 0 aliphatic carbocycles. The lowest BCUT2D eigenvalue weighted by Gasteiger charge is -2.14. The molecule has 0 radical (unpaired) electrons. The highest BCUT2D eigenvalue weighted by Gasteiger charge is 2.17. The van der Waals surface area contributed by atoms with Crippen LogP contribution in [-0.4, -0.2) is 17.3 Å². The van der Waals surface area contributed by atoms with Crippen LogP contribution in [0.15, 0.2) is 35.0 Å². The summed E-state index contributed by atoms with van der Waals surface area (Å²) in [4.78, 5) is 6.82. The Hall–Kier alpha value is -0.990. The highest BCUT2D eigenvalue weighted by atomic mass is 35.5. The number of benzene rings is 1. The Morgan fingerprint density at radius 2 is 2.11 bits per heavy atom. The number of rotatable bonds is 2. The lowest BCUT2D eigenvalue weighted by Crippen LogP contribution is -2.18. The van der Waals surface area contributed by atoms with Gasteiger partial charge in [0.1, 0.15) is 5.84 Å². The molecule has 0 amide bonds. The number of halogens is 2. The van der Waals surface area contributed by atoms with Crippen molar-refractivity contribution >= 4 is 34.7 Å². The summed E-state index contributed by atoms with van der Waals surface area (Å²) >= 11 is 12.1. The molecule has 0 unspecified atom stereocenters. The molecule has 0 aromatic heterocycles. The van der Waals surface area contributed by atoms with Crippen LogP contribution in [0.5, 0.6) is 0 Å². The molecule has 0 atom stereocenters. The van der Waals surface area contributed by atoms with Crippen molar-refractivity contribution in [1.29, 1.82) is 0 Å². The van der Waals surface area contributed by atoms with E-state index in [0.717, 1.165) is 30.9 Å². The monoisotopic (exact) mass is 282 g/mol. The Labute approximate surface area is 118 Å². The molecule has 0 bridgehead atoms. The molecule has 4 heteroatoms.